The molecule has 1 saturated heterocycles. The third-order valence-electron chi connectivity index (χ3n) is 3.88. The van der Waals surface area contributed by atoms with Crippen molar-refractivity contribution in [1.82, 2.24) is 5.32 Å². The molecule has 0 aliphatic carbocycles. The van der Waals surface area contributed by atoms with Gasteiger partial charge in [-0.15, -0.1) is 0 Å². The lowest BCUT2D eigenvalue weighted by atomic mass is 10.1. The van der Waals surface area contributed by atoms with Crippen LogP contribution in [0.1, 0.15) is 72.1 Å². The molecule has 0 aromatic carbocycles. The SMILES string of the molecule is CCCC1CNC(=O)CC(C)=N1.CCCCC1CCCO1. The number of rotatable bonds is 5. The number of amides is 1. The third-order valence-corrected chi connectivity index (χ3v) is 3.88. The standard InChI is InChI=1S/C9H16N2O.C8H16O/c1-3-4-8-6-10-9(12)5-7(2)11-8;1-2-3-5-8-6-4-7-9-8/h8H,3-6H2,1-2H3,(H,10,12);8H,2-7H2,1H3. The molecule has 1 amide bonds. The van der Waals surface area contributed by atoms with Crippen molar-refractivity contribution in [3.8, 4) is 0 Å². The topological polar surface area (TPSA) is 50.7 Å². The van der Waals surface area contributed by atoms with E-state index in [9.17, 15) is 4.79 Å². The summed E-state index contributed by atoms with van der Waals surface area (Å²) in [5.74, 6) is 0.106. The first-order valence-electron chi connectivity index (χ1n) is 8.57. The molecule has 4 heteroatoms. The molecule has 0 saturated carbocycles. The monoisotopic (exact) mass is 296 g/mol. The van der Waals surface area contributed by atoms with Crippen LogP contribution in [0, 0.1) is 0 Å². The number of ether oxygens (including phenoxy) is 1. The van der Waals surface area contributed by atoms with Crippen molar-refractivity contribution < 1.29 is 9.53 Å². The lowest BCUT2D eigenvalue weighted by Crippen LogP contribution is -2.28. The summed E-state index contributed by atoms with van der Waals surface area (Å²) >= 11 is 0. The second kappa shape index (κ2) is 10.8. The van der Waals surface area contributed by atoms with Crippen LogP contribution in [-0.2, 0) is 9.53 Å². The van der Waals surface area contributed by atoms with Gasteiger partial charge < -0.3 is 10.1 Å². The zero-order valence-electron chi connectivity index (χ0n) is 14.0. The second-order valence-electron chi connectivity index (χ2n) is 6.06. The van der Waals surface area contributed by atoms with Gasteiger partial charge in [-0.25, -0.2) is 0 Å². The zero-order valence-corrected chi connectivity index (χ0v) is 14.0. The van der Waals surface area contributed by atoms with Crippen LogP contribution >= 0.6 is 0 Å². The van der Waals surface area contributed by atoms with Gasteiger partial charge in [0.05, 0.1) is 18.6 Å². The van der Waals surface area contributed by atoms with Gasteiger partial charge in [-0.1, -0.05) is 33.1 Å². The Balaban J connectivity index is 0.000000219. The van der Waals surface area contributed by atoms with Crippen molar-refractivity contribution in [3.05, 3.63) is 0 Å². The summed E-state index contributed by atoms with van der Waals surface area (Å²) in [5, 5.41) is 2.86. The largest absolute Gasteiger partial charge is 0.378 e. The van der Waals surface area contributed by atoms with Crippen molar-refractivity contribution in [2.75, 3.05) is 13.2 Å². The first-order valence-corrected chi connectivity index (χ1v) is 8.57. The van der Waals surface area contributed by atoms with E-state index in [4.69, 9.17) is 4.74 Å². The molecule has 2 rings (SSSR count). The number of hydrogen-bond donors (Lipinski definition) is 1. The number of carbonyl (C=O) groups excluding carboxylic acids is 1. The summed E-state index contributed by atoms with van der Waals surface area (Å²) in [4.78, 5) is 15.5. The molecule has 2 heterocycles. The highest BCUT2D eigenvalue weighted by molar-refractivity contribution is 6.00. The van der Waals surface area contributed by atoms with Gasteiger partial charge in [-0.3, -0.25) is 9.79 Å². The summed E-state index contributed by atoms with van der Waals surface area (Å²) in [5.41, 5.74) is 0.962. The van der Waals surface area contributed by atoms with E-state index in [2.05, 4.69) is 24.2 Å². The summed E-state index contributed by atoms with van der Waals surface area (Å²) < 4.78 is 5.46. The van der Waals surface area contributed by atoms with E-state index in [-0.39, 0.29) is 5.91 Å². The van der Waals surface area contributed by atoms with Crippen LogP contribution < -0.4 is 5.32 Å². The fourth-order valence-corrected chi connectivity index (χ4v) is 2.73. The Bertz CT molecular complexity index is 323. The minimum absolute atomic E-state index is 0.106. The van der Waals surface area contributed by atoms with Gasteiger partial charge >= 0.3 is 0 Å². The molecule has 2 aliphatic rings. The summed E-state index contributed by atoms with van der Waals surface area (Å²) in [7, 11) is 0. The normalized spacial score (nSPS) is 25.5. The molecule has 0 spiro atoms. The van der Waals surface area contributed by atoms with Crippen LogP contribution in [0.5, 0.6) is 0 Å². The van der Waals surface area contributed by atoms with Gasteiger partial charge in [-0.2, -0.15) is 0 Å². The van der Waals surface area contributed by atoms with Gasteiger partial charge in [-0.05, 0) is 32.6 Å². The van der Waals surface area contributed by atoms with Crippen LogP contribution in [-0.4, -0.2) is 36.9 Å². The molecule has 0 aromatic rings. The molecule has 2 aliphatic heterocycles. The second-order valence-corrected chi connectivity index (χ2v) is 6.06. The van der Waals surface area contributed by atoms with Gasteiger partial charge in [0.1, 0.15) is 0 Å². The van der Waals surface area contributed by atoms with Crippen LogP contribution in [0.15, 0.2) is 4.99 Å². The Morgan fingerprint density at radius 2 is 2.10 bits per heavy atom. The average Bonchev–Trinajstić information content (AvgIpc) is 2.91. The van der Waals surface area contributed by atoms with E-state index >= 15 is 0 Å². The molecule has 122 valence electrons. The number of carbonyl (C=O) groups is 1. The lowest BCUT2D eigenvalue weighted by Gasteiger charge is -2.08. The fourth-order valence-electron chi connectivity index (χ4n) is 2.73. The average molecular weight is 296 g/mol. The minimum Gasteiger partial charge on any atom is -0.378 e. The molecular weight excluding hydrogens is 264 g/mol. The summed E-state index contributed by atoms with van der Waals surface area (Å²) in [6, 6.07) is 0.307. The van der Waals surface area contributed by atoms with Crippen molar-refractivity contribution in [3.63, 3.8) is 0 Å². The molecule has 0 aromatic heterocycles. The first kappa shape index (κ1) is 18.1. The van der Waals surface area contributed by atoms with Crippen molar-refractivity contribution in [2.45, 2.75) is 84.3 Å². The Hall–Kier alpha value is -0.900. The van der Waals surface area contributed by atoms with Gasteiger partial charge in [0.2, 0.25) is 5.91 Å². The molecular formula is C17H32N2O2. The highest BCUT2D eigenvalue weighted by Crippen LogP contribution is 2.17. The fraction of sp³-hybridized carbons (Fsp3) is 0.882. The molecule has 4 nitrogen and oxygen atoms in total. The molecule has 0 radical (unpaired) electrons. The number of nitrogens with zero attached hydrogens (tertiary/aromatic N) is 1. The quantitative estimate of drug-likeness (QED) is 0.844. The van der Waals surface area contributed by atoms with Crippen LogP contribution in [0.3, 0.4) is 0 Å². The molecule has 2 unspecified atom stereocenters. The Morgan fingerprint density at radius 1 is 1.29 bits per heavy atom. The van der Waals surface area contributed by atoms with Crippen LogP contribution in [0.2, 0.25) is 0 Å². The maximum atomic E-state index is 11.1. The van der Waals surface area contributed by atoms with Crippen LogP contribution in [0.25, 0.3) is 0 Å². The van der Waals surface area contributed by atoms with Gasteiger partial charge in [0.25, 0.3) is 0 Å². The number of hydrogen-bond acceptors (Lipinski definition) is 3. The van der Waals surface area contributed by atoms with E-state index in [1.807, 2.05) is 6.92 Å². The van der Waals surface area contributed by atoms with E-state index in [1.165, 1.54) is 32.1 Å². The predicted octanol–water partition coefficient (Wildman–Crippen LogP) is 3.49. The summed E-state index contributed by atoms with van der Waals surface area (Å²) in [6.07, 6.45) is 9.80. The highest BCUT2D eigenvalue weighted by atomic mass is 16.5. The van der Waals surface area contributed by atoms with E-state index in [0.717, 1.165) is 25.2 Å². The lowest BCUT2D eigenvalue weighted by molar-refractivity contribution is -0.119. The smallest absolute Gasteiger partial charge is 0.225 e. The zero-order chi connectivity index (χ0) is 15.5. The molecule has 1 N–H and O–H groups in total. The number of nitrogens with one attached hydrogen (secondary N) is 1. The van der Waals surface area contributed by atoms with Gasteiger partial charge in [0.15, 0.2) is 0 Å². The first-order chi connectivity index (χ1) is 10.2. The maximum Gasteiger partial charge on any atom is 0.225 e. The molecule has 1 fully saturated rings. The molecule has 21 heavy (non-hydrogen) atoms. The van der Waals surface area contributed by atoms with Crippen molar-refractivity contribution in [2.24, 2.45) is 4.99 Å². The van der Waals surface area contributed by atoms with E-state index < -0.39 is 0 Å². The maximum absolute atomic E-state index is 11.1. The van der Waals surface area contributed by atoms with Gasteiger partial charge in [0, 0.05) is 18.9 Å². The number of unbranched alkanes of at least 4 members (excludes halogenated alkanes) is 1. The minimum atomic E-state index is 0.106. The Kier molecular flexibility index (Phi) is 9.31. The van der Waals surface area contributed by atoms with Crippen molar-refractivity contribution in [1.29, 1.82) is 0 Å². The molecule has 0 bridgehead atoms. The predicted molar refractivity (Wildman–Crippen MR) is 87.9 cm³/mol. The third kappa shape index (κ3) is 8.20. The van der Waals surface area contributed by atoms with Crippen molar-refractivity contribution >= 4 is 11.6 Å². The Labute approximate surface area is 129 Å². The Morgan fingerprint density at radius 3 is 2.71 bits per heavy atom. The highest BCUT2D eigenvalue weighted by Gasteiger charge is 2.14. The number of aliphatic imine (C=N–C) groups is 1. The van der Waals surface area contributed by atoms with E-state index in [1.54, 1.807) is 0 Å². The summed E-state index contributed by atoms with van der Waals surface area (Å²) in [6.45, 7) is 8.01. The van der Waals surface area contributed by atoms with Crippen LogP contribution in [0.4, 0.5) is 0 Å². The van der Waals surface area contributed by atoms with E-state index in [0.29, 0.717) is 25.1 Å². The molecule has 2 atom stereocenters.